The first-order valence-electron chi connectivity index (χ1n) is 6.60. The summed E-state index contributed by atoms with van der Waals surface area (Å²) in [6.45, 7) is 1.06. The van der Waals surface area contributed by atoms with E-state index in [1.807, 2.05) is 6.07 Å². The Morgan fingerprint density at radius 2 is 2.05 bits per heavy atom. The first-order chi connectivity index (χ1) is 10.5. The lowest BCUT2D eigenvalue weighted by Gasteiger charge is -2.28. The molecule has 2 heterocycles. The molecule has 0 saturated carbocycles. The number of hydrogen-bond donors (Lipinski definition) is 1. The number of halogens is 1. The number of carbonyl (C=O) groups is 2. The van der Waals surface area contributed by atoms with Crippen molar-refractivity contribution in [2.24, 2.45) is 0 Å². The first kappa shape index (κ1) is 14.9. The summed E-state index contributed by atoms with van der Waals surface area (Å²) in [5.41, 5.74) is 2.01. The van der Waals surface area contributed by atoms with Crippen molar-refractivity contribution in [2.75, 3.05) is 6.54 Å². The molecule has 0 bridgehead atoms. The van der Waals surface area contributed by atoms with Gasteiger partial charge in [0.15, 0.2) is 0 Å². The second-order valence-electron chi connectivity index (χ2n) is 4.88. The smallest absolute Gasteiger partial charge is 0.449 e. The average Bonchev–Trinajstić information content (AvgIpc) is 2.91. The predicted molar refractivity (Wildman–Crippen MR) is 82.9 cm³/mol. The third kappa shape index (κ3) is 3.08. The van der Waals surface area contributed by atoms with Gasteiger partial charge in [0.25, 0.3) is 5.91 Å². The van der Waals surface area contributed by atoms with Crippen LogP contribution in [0.5, 0.6) is 5.75 Å². The fourth-order valence-corrected chi connectivity index (χ4v) is 3.47. The topological polar surface area (TPSA) is 66.8 Å². The molecule has 3 rings (SSSR count). The predicted octanol–water partition coefficient (Wildman–Crippen LogP) is 3.66. The summed E-state index contributed by atoms with van der Waals surface area (Å²) in [6, 6.07) is 8.57. The number of benzene rings is 1. The molecule has 0 unspecified atom stereocenters. The van der Waals surface area contributed by atoms with Gasteiger partial charge in [-0.3, -0.25) is 4.79 Å². The van der Waals surface area contributed by atoms with E-state index in [9.17, 15) is 9.59 Å². The molecule has 5 nitrogen and oxygen atoms in total. The lowest BCUT2D eigenvalue weighted by molar-refractivity contribution is 0.0739. The molecule has 0 radical (unpaired) electrons. The van der Waals surface area contributed by atoms with Gasteiger partial charge < -0.3 is 14.7 Å². The molecule has 1 aliphatic heterocycles. The summed E-state index contributed by atoms with van der Waals surface area (Å²) in [4.78, 5) is 25.4. The molecule has 1 aromatic carbocycles. The maximum Gasteiger partial charge on any atom is 0.511 e. The molecule has 0 atom stereocenters. The number of hydrogen-bond acceptors (Lipinski definition) is 4. The minimum atomic E-state index is -1.35. The normalized spacial score (nSPS) is 13.6. The number of carbonyl (C=O) groups excluding carboxylic acids is 1. The van der Waals surface area contributed by atoms with E-state index in [4.69, 9.17) is 16.7 Å². The van der Waals surface area contributed by atoms with Crippen LogP contribution in [-0.2, 0) is 13.0 Å². The highest BCUT2D eigenvalue weighted by atomic mass is 35.5. The number of fused-ring (bicyclic) bond motifs is 1. The molecule has 0 spiro atoms. The Bertz CT molecular complexity index is 743. The number of ether oxygens (including phenoxy) is 1. The minimum Gasteiger partial charge on any atom is -0.449 e. The van der Waals surface area contributed by atoms with E-state index in [-0.39, 0.29) is 11.7 Å². The van der Waals surface area contributed by atoms with Gasteiger partial charge in [0.1, 0.15) is 5.75 Å². The van der Waals surface area contributed by atoms with E-state index in [1.54, 1.807) is 29.2 Å². The summed E-state index contributed by atoms with van der Waals surface area (Å²) < 4.78 is 5.24. The van der Waals surface area contributed by atoms with Gasteiger partial charge in [0.05, 0.1) is 9.21 Å². The molecular formula is C15H12ClNO4S. The van der Waals surface area contributed by atoms with Gasteiger partial charge in [-0.1, -0.05) is 17.7 Å². The molecule has 7 heteroatoms. The highest BCUT2D eigenvalue weighted by Crippen LogP contribution is 2.27. The van der Waals surface area contributed by atoms with E-state index >= 15 is 0 Å². The Morgan fingerprint density at radius 1 is 1.23 bits per heavy atom. The van der Waals surface area contributed by atoms with E-state index in [0.717, 1.165) is 17.5 Å². The average molecular weight is 338 g/mol. The SMILES string of the molecule is O=C(O)Oc1ccc2c(c1)CN(C(=O)c1ccc(Cl)s1)CC2. The summed E-state index contributed by atoms with van der Waals surface area (Å²) in [7, 11) is 0. The number of nitrogens with zero attached hydrogens (tertiary/aromatic N) is 1. The molecule has 1 aromatic heterocycles. The molecule has 2 aromatic rings. The number of thiophene rings is 1. The largest absolute Gasteiger partial charge is 0.511 e. The number of carboxylic acid groups (broad SMARTS) is 1. The molecule has 0 fully saturated rings. The van der Waals surface area contributed by atoms with Crippen LogP contribution in [0.3, 0.4) is 0 Å². The standard InChI is InChI=1S/C15H12ClNO4S/c16-13-4-3-12(22-13)14(18)17-6-5-9-1-2-11(21-15(19)20)7-10(9)8-17/h1-4,7H,5-6,8H2,(H,19,20). The Hall–Kier alpha value is -2.05. The van der Waals surface area contributed by atoms with Crippen LogP contribution in [-0.4, -0.2) is 28.6 Å². The maximum absolute atomic E-state index is 12.4. The van der Waals surface area contributed by atoms with Crippen LogP contribution in [0.2, 0.25) is 4.34 Å². The Morgan fingerprint density at radius 3 is 2.73 bits per heavy atom. The second kappa shape index (κ2) is 5.98. The van der Waals surface area contributed by atoms with E-state index in [2.05, 4.69) is 4.74 Å². The van der Waals surface area contributed by atoms with Crippen molar-refractivity contribution in [3.8, 4) is 5.75 Å². The Balaban J connectivity index is 1.80. The zero-order chi connectivity index (χ0) is 15.7. The second-order valence-corrected chi connectivity index (χ2v) is 6.59. The van der Waals surface area contributed by atoms with Crippen molar-refractivity contribution in [3.05, 3.63) is 50.7 Å². The van der Waals surface area contributed by atoms with Crippen LogP contribution in [0.15, 0.2) is 30.3 Å². The lowest BCUT2D eigenvalue weighted by Crippen LogP contribution is -2.35. The van der Waals surface area contributed by atoms with Gasteiger partial charge in [-0.25, -0.2) is 4.79 Å². The van der Waals surface area contributed by atoms with Crippen molar-refractivity contribution >= 4 is 35.0 Å². The zero-order valence-electron chi connectivity index (χ0n) is 11.4. The van der Waals surface area contributed by atoms with Crippen LogP contribution >= 0.6 is 22.9 Å². The van der Waals surface area contributed by atoms with Crippen LogP contribution in [0.4, 0.5) is 4.79 Å². The van der Waals surface area contributed by atoms with Crippen LogP contribution in [0.25, 0.3) is 0 Å². The number of rotatable bonds is 2. The van der Waals surface area contributed by atoms with Gasteiger partial charge in [0, 0.05) is 13.1 Å². The van der Waals surface area contributed by atoms with Gasteiger partial charge in [0.2, 0.25) is 0 Å². The third-order valence-corrected chi connectivity index (χ3v) is 4.69. The fraction of sp³-hybridized carbons (Fsp3) is 0.200. The van der Waals surface area contributed by atoms with Crippen molar-refractivity contribution < 1.29 is 19.4 Å². The van der Waals surface area contributed by atoms with Crippen molar-refractivity contribution in [1.29, 1.82) is 0 Å². The van der Waals surface area contributed by atoms with Crippen molar-refractivity contribution in [1.82, 2.24) is 4.90 Å². The first-order valence-corrected chi connectivity index (χ1v) is 7.79. The highest BCUT2D eigenvalue weighted by molar-refractivity contribution is 7.17. The zero-order valence-corrected chi connectivity index (χ0v) is 13.0. The summed E-state index contributed by atoms with van der Waals surface area (Å²) >= 11 is 7.12. The van der Waals surface area contributed by atoms with Gasteiger partial charge in [-0.15, -0.1) is 11.3 Å². The molecule has 1 N–H and O–H groups in total. The van der Waals surface area contributed by atoms with Crippen LogP contribution in [0, 0.1) is 0 Å². The number of amides is 1. The molecule has 0 saturated heterocycles. The molecule has 1 amide bonds. The Labute approximate surface area is 135 Å². The van der Waals surface area contributed by atoms with E-state index in [0.29, 0.717) is 22.3 Å². The van der Waals surface area contributed by atoms with E-state index < -0.39 is 6.16 Å². The monoisotopic (exact) mass is 337 g/mol. The van der Waals surface area contributed by atoms with Crippen molar-refractivity contribution in [2.45, 2.75) is 13.0 Å². The summed E-state index contributed by atoms with van der Waals surface area (Å²) in [6.07, 6.45) is -0.620. The quantitative estimate of drug-likeness (QED) is 0.671. The molecule has 0 aliphatic carbocycles. The summed E-state index contributed by atoms with van der Waals surface area (Å²) in [5.74, 6) is 0.201. The van der Waals surface area contributed by atoms with Gasteiger partial charge >= 0.3 is 6.16 Å². The van der Waals surface area contributed by atoms with E-state index in [1.165, 1.54) is 11.3 Å². The molecule has 114 valence electrons. The Kier molecular flexibility index (Phi) is 4.04. The van der Waals surface area contributed by atoms with Gasteiger partial charge in [-0.05, 0) is 41.8 Å². The molecule has 22 heavy (non-hydrogen) atoms. The highest BCUT2D eigenvalue weighted by Gasteiger charge is 2.23. The van der Waals surface area contributed by atoms with Crippen LogP contribution in [0.1, 0.15) is 20.8 Å². The third-order valence-electron chi connectivity index (χ3n) is 3.47. The minimum absolute atomic E-state index is 0.0629. The lowest BCUT2D eigenvalue weighted by atomic mass is 9.99. The van der Waals surface area contributed by atoms with Crippen LogP contribution < -0.4 is 4.74 Å². The maximum atomic E-state index is 12.4. The molecule has 1 aliphatic rings. The fourth-order valence-electron chi connectivity index (χ4n) is 2.46. The summed E-state index contributed by atoms with van der Waals surface area (Å²) in [5, 5.41) is 8.66. The van der Waals surface area contributed by atoms with Crippen molar-refractivity contribution in [3.63, 3.8) is 0 Å². The molecular weight excluding hydrogens is 326 g/mol. The van der Waals surface area contributed by atoms with Gasteiger partial charge in [-0.2, -0.15) is 0 Å².